The molecule has 0 aliphatic rings. The van der Waals surface area contributed by atoms with Crippen LogP contribution in [0.4, 0.5) is 5.69 Å². The zero-order valence-corrected chi connectivity index (χ0v) is 12.0. The SMILES string of the molecule is Cc1cc2n[nH]c(=O)n2c2cc(-c3cccc(N)c3)ccc12. The van der Waals surface area contributed by atoms with Gasteiger partial charge in [-0.1, -0.05) is 24.3 Å². The summed E-state index contributed by atoms with van der Waals surface area (Å²) >= 11 is 0. The van der Waals surface area contributed by atoms with Crippen LogP contribution in [0.15, 0.2) is 53.3 Å². The van der Waals surface area contributed by atoms with Gasteiger partial charge >= 0.3 is 5.69 Å². The van der Waals surface area contributed by atoms with Gasteiger partial charge in [-0.05, 0) is 47.9 Å². The van der Waals surface area contributed by atoms with Crippen LogP contribution in [-0.4, -0.2) is 14.6 Å². The molecule has 5 heteroatoms. The maximum Gasteiger partial charge on any atom is 0.348 e. The lowest BCUT2D eigenvalue weighted by atomic mass is 10.0. The van der Waals surface area contributed by atoms with E-state index in [1.807, 2.05) is 55.5 Å². The van der Waals surface area contributed by atoms with Crippen molar-refractivity contribution < 1.29 is 0 Å². The Morgan fingerprint density at radius 1 is 1.09 bits per heavy atom. The molecular weight excluding hydrogens is 276 g/mol. The Morgan fingerprint density at radius 2 is 1.91 bits per heavy atom. The van der Waals surface area contributed by atoms with E-state index in [4.69, 9.17) is 5.73 Å². The van der Waals surface area contributed by atoms with E-state index in [2.05, 4.69) is 10.2 Å². The first-order chi connectivity index (χ1) is 10.6. The van der Waals surface area contributed by atoms with Crippen molar-refractivity contribution in [1.29, 1.82) is 0 Å². The topological polar surface area (TPSA) is 76.2 Å². The quantitative estimate of drug-likeness (QED) is 0.529. The Labute approximate surface area is 126 Å². The van der Waals surface area contributed by atoms with E-state index in [0.717, 1.165) is 27.6 Å². The summed E-state index contributed by atoms with van der Waals surface area (Å²) in [5.41, 5.74) is 10.9. The molecule has 0 fully saturated rings. The Kier molecular flexibility index (Phi) is 2.56. The highest BCUT2D eigenvalue weighted by molar-refractivity contribution is 5.89. The molecule has 0 atom stereocenters. The van der Waals surface area contributed by atoms with E-state index < -0.39 is 0 Å². The molecule has 4 aromatic rings. The van der Waals surface area contributed by atoms with Gasteiger partial charge in [-0.25, -0.2) is 14.3 Å². The molecule has 0 amide bonds. The molecule has 0 bridgehead atoms. The normalized spacial score (nSPS) is 11.3. The zero-order valence-electron chi connectivity index (χ0n) is 12.0. The predicted molar refractivity (Wildman–Crippen MR) is 87.9 cm³/mol. The number of nitrogens with one attached hydrogen (secondary N) is 1. The molecule has 0 radical (unpaired) electrons. The number of hydrogen-bond acceptors (Lipinski definition) is 3. The van der Waals surface area contributed by atoms with Gasteiger partial charge in [0.25, 0.3) is 0 Å². The Hall–Kier alpha value is -3.08. The number of aryl methyl sites for hydroxylation is 1. The van der Waals surface area contributed by atoms with E-state index in [9.17, 15) is 4.79 Å². The van der Waals surface area contributed by atoms with Crippen LogP contribution in [0.25, 0.3) is 27.7 Å². The van der Waals surface area contributed by atoms with Crippen molar-refractivity contribution in [3.63, 3.8) is 0 Å². The van der Waals surface area contributed by atoms with Crippen molar-refractivity contribution in [2.24, 2.45) is 0 Å². The minimum Gasteiger partial charge on any atom is -0.399 e. The lowest BCUT2D eigenvalue weighted by Gasteiger charge is -2.08. The average Bonchev–Trinajstić information content (AvgIpc) is 2.88. The first-order valence-corrected chi connectivity index (χ1v) is 7.00. The Bertz CT molecular complexity index is 1080. The molecule has 0 unspecified atom stereocenters. The molecule has 2 aromatic carbocycles. The standard InChI is InChI=1S/C17H14N4O/c1-10-7-16-19-20-17(22)21(16)15-9-12(5-6-14(10)15)11-3-2-4-13(18)8-11/h2-9H,18H2,1H3,(H,20,22). The van der Waals surface area contributed by atoms with Gasteiger partial charge in [0.1, 0.15) is 0 Å². The highest BCUT2D eigenvalue weighted by Crippen LogP contribution is 2.27. The van der Waals surface area contributed by atoms with Crippen LogP contribution in [0, 0.1) is 6.92 Å². The third-order valence-electron chi connectivity index (χ3n) is 3.93. The van der Waals surface area contributed by atoms with Crippen molar-refractivity contribution in [3.05, 3.63) is 64.6 Å². The smallest absolute Gasteiger partial charge is 0.348 e. The van der Waals surface area contributed by atoms with Gasteiger partial charge < -0.3 is 5.73 Å². The first kappa shape index (κ1) is 12.6. The highest BCUT2D eigenvalue weighted by Gasteiger charge is 2.09. The second-order valence-corrected chi connectivity index (χ2v) is 5.41. The van der Waals surface area contributed by atoms with E-state index >= 15 is 0 Å². The maximum atomic E-state index is 12.0. The Morgan fingerprint density at radius 3 is 2.73 bits per heavy atom. The van der Waals surface area contributed by atoms with Crippen LogP contribution in [0.2, 0.25) is 0 Å². The van der Waals surface area contributed by atoms with Crippen LogP contribution in [0.1, 0.15) is 5.56 Å². The van der Waals surface area contributed by atoms with Crippen molar-refractivity contribution in [2.75, 3.05) is 5.73 Å². The molecule has 2 aromatic heterocycles. The molecule has 0 aliphatic carbocycles. The summed E-state index contributed by atoms with van der Waals surface area (Å²) in [5.74, 6) is 0. The van der Waals surface area contributed by atoms with Gasteiger partial charge in [-0.3, -0.25) is 0 Å². The molecule has 22 heavy (non-hydrogen) atoms. The number of benzene rings is 2. The van der Waals surface area contributed by atoms with Crippen LogP contribution < -0.4 is 11.4 Å². The summed E-state index contributed by atoms with van der Waals surface area (Å²) in [5, 5.41) is 7.58. The fourth-order valence-electron chi connectivity index (χ4n) is 2.86. The van der Waals surface area contributed by atoms with E-state index in [1.165, 1.54) is 0 Å². The van der Waals surface area contributed by atoms with Crippen LogP contribution in [0.5, 0.6) is 0 Å². The number of aromatic nitrogens is 3. The number of fused-ring (bicyclic) bond motifs is 3. The van der Waals surface area contributed by atoms with Gasteiger partial charge in [0, 0.05) is 11.1 Å². The molecule has 4 rings (SSSR count). The number of rotatable bonds is 1. The number of nitrogens with zero attached hydrogens (tertiary/aromatic N) is 2. The first-order valence-electron chi connectivity index (χ1n) is 7.00. The minimum atomic E-state index is -0.232. The molecule has 0 saturated carbocycles. The van der Waals surface area contributed by atoms with Crippen molar-refractivity contribution in [3.8, 4) is 11.1 Å². The predicted octanol–water partition coefficient (Wildman–Crippen LogP) is 2.73. The minimum absolute atomic E-state index is 0.232. The lowest BCUT2D eigenvalue weighted by molar-refractivity contribution is 1.04. The van der Waals surface area contributed by atoms with E-state index in [0.29, 0.717) is 11.3 Å². The van der Waals surface area contributed by atoms with Gasteiger partial charge in [0.2, 0.25) is 0 Å². The number of nitrogen functional groups attached to an aromatic ring is 1. The number of pyridine rings is 1. The summed E-state index contributed by atoms with van der Waals surface area (Å²) in [4.78, 5) is 12.0. The fraction of sp³-hybridized carbons (Fsp3) is 0.0588. The average molecular weight is 290 g/mol. The third-order valence-corrected chi connectivity index (χ3v) is 3.93. The van der Waals surface area contributed by atoms with Crippen molar-refractivity contribution in [1.82, 2.24) is 14.6 Å². The van der Waals surface area contributed by atoms with Gasteiger partial charge in [-0.2, -0.15) is 5.10 Å². The summed E-state index contributed by atoms with van der Waals surface area (Å²) < 4.78 is 1.60. The number of aromatic amines is 1. The molecule has 108 valence electrons. The summed E-state index contributed by atoms with van der Waals surface area (Å²) in [6.07, 6.45) is 0. The van der Waals surface area contributed by atoms with E-state index in [-0.39, 0.29) is 5.69 Å². The largest absolute Gasteiger partial charge is 0.399 e. The van der Waals surface area contributed by atoms with Crippen molar-refractivity contribution in [2.45, 2.75) is 6.92 Å². The summed E-state index contributed by atoms with van der Waals surface area (Å²) in [6, 6.07) is 15.7. The third kappa shape index (κ3) is 1.79. The monoisotopic (exact) mass is 290 g/mol. The second-order valence-electron chi connectivity index (χ2n) is 5.41. The van der Waals surface area contributed by atoms with Gasteiger partial charge in [0.15, 0.2) is 5.65 Å². The van der Waals surface area contributed by atoms with Crippen LogP contribution >= 0.6 is 0 Å². The molecule has 3 N–H and O–H groups in total. The number of nitrogens with two attached hydrogens (primary N) is 1. The summed E-state index contributed by atoms with van der Waals surface area (Å²) in [7, 11) is 0. The second kappa shape index (κ2) is 4.46. The summed E-state index contributed by atoms with van der Waals surface area (Å²) in [6.45, 7) is 2.02. The maximum absolute atomic E-state index is 12.0. The molecule has 5 nitrogen and oxygen atoms in total. The zero-order chi connectivity index (χ0) is 15.3. The molecular formula is C17H14N4O. The molecule has 2 heterocycles. The highest BCUT2D eigenvalue weighted by atomic mass is 16.1. The van der Waals surface area contributed by atoms with Crippen molar-refractivity contribution >= 4 is 22.2 Å². The van der Waals surface area contributed by atoms with Crippen LogP contribution in [-0.2, 0) is 0 Å². The number of hydrogen-bond donors (Lipinski definition) is 2. The molecule has 0 saturated heterocycles. The lowest BCUT2D eigenvalue weighted by Crippen LogP contribution is -2.10. The van der Waals surface area contributed by atoms with E-state index in [1.54, 1.807) is 4.40 Å². The molecule has 0 aliphatic heterocycles. The fourth-order valence-corrected chi connectivity index (χ4v) is 2.86. The molecule has 0 spiro atoms. The van der Waals surface area contributed by atoms with Gasteiger partial charge in [0.05, 0.1) is 5.52 Å². The van der Waals surface area contributed by atoms with Gasteiger partial charge in [-0.15, -0.1) is 0 Å². The number of H-pyrrole nitrogens is 1. The number of anilines is 1. The van der Waals surface area contributed by atoms with Crippen LogP contribution in [0.3, 0.4) is 0 Å². The Balaban J connectivity index is 2.10.